The Bertz CT molecular complexity index is 408. The van der Waals surface area contributed by atoms with E-state index in [9.17, 15) is 0 Å². The molecule has 1 saturated heterocycles. The minimum absolute atomic E-state index is 0.533. The van der Waals surface area contributed by atoms with Gasteiger partial charge in [0.2, 0.25) is 0 Å². The zero-order chi connectivity index (χ0) is 11.4. The van der Waals surface area contributed by atoms with Gasteiger partial charge >= 0.3 is 0 Å². The zero-order valence-electron chi connectivity index (χ0n) is 8.87. The summed E-state index contributed by atoms with van der Waals surface area (Å²) in [6.45, 7) is 2.47. The monoisotopic (exact) mass is 236 g/mol. The molecule has 0 bridgehead atoms. The lowest BCUT2D eigenvalue weighted by Crippen LogP contribution is -2.14. The van der Waals surface area contributed by atoms with E-state index in [2.05, 4.69) is 11.4 Å². The Morgan fingerprint density at radius 1 is 1.56 bits per heavy atom. The third-order valence-corrected chi connectivity index (χ3v) is 2.94. The second kappa shape index (κ2) is 5.20. The fourth-order valence-corrected chi connectivity index (χ4v) is 1.93. The molecule has 1 aliphatic heterocycles. The molecule has 4 heteroatoms. The van der Waals surface area contributed by atoms with E-state index >= 15 is 0 Å². The van der Waals surface area contributed by atoms with Gasteiger partial charge in [0.15, 0.2) is 0 Å². The van der Waals surface area contributed by atoms with Gasteiger partial charge in [-0.05, 0) is 24.6 Å². The van der Waals surface area contributed by atoms with Crippen molar-refractivity contribution in [2.24, 2.45) is 5.92 Å². The van der Waals surface area contributed by atoms with Gasteiger partial charge in [0.1, 0.15) is 6.07 Å². The molecule has 0 amide bonds. The summed E-state index contributed by atoms with van der Waals surface area (Å²) in [6, 6.07) is 7.39. The Hall–Kier alpha value is -1.24. The van der Waals surface area contributed by atoms with Gasteiger partial charge in [-0.3, -0.25) is 0 Å². The first-order chi connectivity index (χ1) is 7.79. The summed E-state index contributed by atoms with van der Waals surface area (Å²) in [5, 5.41) is 12.8. The Balaban J connectivity index is 2.02. The van der Waals surface area contributed by atoms with Crippen molar-refractivity contribution in [3.8, 4) is 6.07 Å². The molecule has 16 heavy (non-hydrogen) atoms. The molecule has 1 atom stereocenters. The van der Waals surface area contributed by atoms with Crippen molar-refractivity contribution in [3.63, 3.8) is 0 Å². The van der Waals surface area contributed by atoms with Gasteiger partial charge in [0.25, 0.3) is 0 Å². The van der Waals surface area contributed by atoms with Crippen LogP contribution in [0.1, 0.15) is 12.0 Å². The van der Waals surface area contributed by atoms with Crippen LogP contribution in [0.2, 0.25) is 5.02 Å². The van der Waals surface area contributed by atoms with Crippen LogP contribution in [-0.2, 0) is 4.74 Å². The molecule has 1 aliphatic rings. The normalized spacial score (nSPS) is 19.4. The fraction of sp³-hybridized carbons (Fsp3) is 0.417. The fourth-order valence-electron chi connectivity index (χ4n) is 1.76. The highest BCUT2D eigenvalue weighted by Gasteiger charge is 2.15. The molecule has 1 aromatic carbocycles. The van der Waals surface area contributed by atoms with Crippen LogP contribution < -0.4 is 5.32 Å². The molecule has 1 N–H and O–H groups in total. The maximum Gasteiger partial charge on any atom is 0.101 e. The van der Waals surface area contributed by atoms with E-state index < -0.39 is 0 Å². The topological polar surface area (TPSA) is 45.0 Å². The number of benzene rings is 1. The summed E-state index contributed by atoms with van der Waals surface area (Å²) in [5.41, 5.74) is 1.44. The molecule has 0 radical (unpaired) electrons. The number of rotatable bonds is 3. The maximum absolute atomic E-state index is 8.94. The van der Waals surface area contributed by atoms with E-state index in [0.29, 0.717) is 16.5 Å². The molecule has 0 spiro atoms. The average molecular weight is 237 g/mol. The molecule has 2 rings (SSSR count). The molecule has 1 fully saturated rings. The van der Waals surface area contributed by atoms with E-state index in [-0.39, 0.29) is 0 Å². The van der Waals surface area contributed by atoms with Crippen molar-refractivity contribution in [1.29, 1.82) is 5.26 Å². The number of ether oxygens (including phenoxy) is 1. The van der Waals surface area contributed by atoms with Gasteiger partial charge in [-0.15, -0.1) is 0 Å². The second-order valence-corrected chi connectivity index (χ2v) is 4.35. The number of nitrogens with one attached hydrogen (secondary N) is 1. The summed E-state index contributed by atoms with van der Waals surface area (Å²) in [6.07, 6.45) is 1.08. The second-order valence-electron chi connectivity index (χ2n) is 3.91. The number of hydrogen-bond donors (Lipinski definition) is 1. The molecule has 0 aromatic heterocycles. The SMILES string of the molecule is N#Cc1ccc(Cl)cc1NC[C@@H]1CCOC1. The van der Waals surface area contributed by atoms with Crippen molar-refractivity contribution < 1.29 is 4.74 Å². The lowest BCUT2D eigenvalue weighted by Gasteiger charge is -2.12. The molecular weight excluding hydrogens is 224 g/mol. The number of hydrogen-bond acceptors (Lipinski definition) is 3. The largest absolute Gasteiger partial charge is 0.384 e. The van der Waals surface area contributed by atoms with Crippen molar-refractivity contribution in [3.05, 3.63) is 28.8 Å². The zero-order valence-corrected chi connectivity index (χ0v) is 9.63. The predicted molar refractivity (Wildman–Crippen MR) is 63.6 cm³/mol. The van der Waals surface area contributed by atoms with Crippen molar-refractivity contribution in [2.45, 2.75) is 6.42 Å². The Morgan fingerprint density at radius 3 is 3.12 bits per heavy atom. The molecule has 84 valence electrons. The Labute approximate surface area is 100.0 Å². The van der Waals surface area contributed by atoms with E-state index in [1.807, 2.05) is 0 Å². The molecule has 1 heterocycles. The summed E-state index contributed by atoms with van der Waals surface area (Å²) in [4.78, 5) is 0. The first-order valence-corrected chi connectivity index (χ1v) is 5.68. The van der Waals surface area contributed by atoms with Crippen molar-refractivity contribution in [1.82, 2.24) is 0 Å². The molecule has 3 nitrogen and oxygen atoms in total. The van der Waals surface area contributed by atoms with Crippen LogP contribution in [0.15, 0.2) is 18.2 Å². The minimum Gasteiger partial charge on any atom is -0.384 e. The average Bonchev–Trinajstić information content (AvgIpc) is 2.79. The van der Waals surface area contributed by atoms with E-state index in [1.54, 1.807) is 18.2 Å². The third kappa shape index (κ3) is 2.66. The van der Waals surface area contributed by atoms with Gasteiger partial charge in [0.05, 0.1) is 17.9 Å². The number of halogens is 1. The molecule has 0 unspecified atom stereocenters. The summed E-state index contributed by atoms with van der Waals surface area (Å²) >= 11 is 5.90. The van der Waals surface area contributed by atoms with Gasteiger partial charge < -0.3 is 10.1 Å². The van der Waals surface area contributed by atoms with Gasteiger partial charge in [0, 0.05) is 24.1 Å². The van der Waals surface area contributed by atoms with Crippen molar-refractivity contribution in [2.75, 3.05) is 25.1 Å². The van der Waals surface area contributed by atoms with Crippen LogP contribution in [0.25, 0.3) is 0 Å². The Morgan fingerprint density at radius 2 is 2.44 bits per heavy atom. The highest BCUT2D eigenvalue weighted by molar-refractivity contribution is 6.30. The van der Waals surface area contributed by atoms with Crippen LogP contribution in [-0.4, -0.2) is 19.8 Å². The summed E-state index contributed by atoms with van der Waals surface area (Å²) in [5.74, 6) is 0.533. The van der Waals surface area contributed by atoms with E-state index in [1.165, 1.54) is 0 Å². The molecule has 1 aromatic rings. The highest BCUT2D eigenvalue weighted by atomic mass is 35.5. The minimum atomic E-state index is 0.533. The number of nitrogens with zero attached hydrogens (tertiary/aromatic N) is 1. The standard InChI is InChI=1S/C12H13ClN2O/c13-11-2-1-10(6-14)12(5-11)15-7-9-3-4-16-8-9/h1-2,5,9,15H,3-4,7-8H2/t9-/m0/s1. The van der Waals surface area contributed by atoms with Gasteiger partial charge in [-0.25, -0.2) is 0 Å². The molecule has 0 aliphatic carbocycles. The molecule has 0 saturated carbocycles. The third-order valence-electron chi connectivity index (χ3n) is 2.71. The number of anilines is 1. The Kier molecular flexibility index (Phi) is 3.66. The predicted octanol–water partition coefficient (Wildman–Crippen LogP) is 2.66. The van der Waals surface area contributed by atoms with Gasteiger partial charge in [-0.2, -0.15) is 5.26 Å². The van der Waals surface area contributed by atoms with E-state index in [0.717, 1.165) is 31.9 Å². The lowest BCUT2D eigenvalue weighted by atomic mass is 10.1. The van der Waals surface area contributed by atoms with Crippen LogP contribution in [0.5, 0.6) is 0 Å². The van der Waals surface area contributed by atoms with Crippen LogP contribution >= 0.6 is 11.6 Å². The highest BCUT2D eigenvalue weighted by Crippen LogP contribution is 2.21. The van der Waals surface area contributed by atoms with Crippen LogP contribution in [0.4, 0.5) is 5.69 Å². The summed E-state index contributed by atoms with van der Waals surface area (Å²) in [7, 11) is 0. The van der Waals surface area contributed by atoms with Crippen LogP contribution in [0.3, 0.4) is 0 Å². The van der Waals surface area contributed by atoms with Crippen molar-refractivity contribution >= 4 is 17.3 Å². The quantitative estimate of drug-likeness (QED) is 0.878. The first kappa shape index (κ1) is 11.3. The molecular formula is C12H13ClN2O. The van der Waals surface area contributed by atoms with E-state index in [4.69, 9.17) is 21.6 Å². The van der Waals surface area contributed by atoms with Gasteiger partial charge in [-0.1, -0.05) is 11.6 Å². The first-order valence-electron chi connectivity index (χ1n) is 5.31. The summed E-state index contributed by atoms with van der Waals surface area (Å²) < 4.78 is 5.29. The lowest BCUT2D eigenvalue weighted by molar-refractivity contribution is 0.187. The smallest absolute Gasteiger partial charge is 0.101 e. The maximum atomic E-state index is 8.94. The number of nitriles is 1. The van der Waals surface area contributed by atoms with Crippen LogP contribution in [0, 0.1) is 17.2 Å².